The van der Waals surface area contributed by atoms with E-state index in [9.17, 15) is 4.39 Å². The molecule has 3 nitrogen and oxygen atoms in total. The van der Waals surface area contributed by atoms with Gasteiger partial charge in [0, 0.05) is 0 Å². The fraction of sp³-hybridized carbons (Fsp3) is 0.125. The van der Waals surface area contributed by atoms with E-state index in [-0.39, 0.29) is 11.6 Å². The van der Waals surface area contributed by atoms with Crippen LogP contribution in [0.3, 0.4) is 0 Å². The quantitative estimate of drug-likeness (QED) is 0.622. The fourth-order valence-corrected chi connectivity index (χ4v) is 1.20. The van der Waals surface area contributed by atoms with Crippen LogP contribution in [0.2, 0.25) is 0 Å². The summed E-state index contributed by atoms with van der Waals surface area (Å²) in [4.78, 5) is 0. The molecule has 0 aliphatic carbocycles. The molecule has 2 rings (SSSR count). The minimum atomic E-state index is -0.293. The Morgan fingerprint density at radius 1 is 1.50 bits per heavy atom. The SMILES string of the molecule is Cc1ccc2[nH]nc(N)c2c1F. The molecule has 0 atom stereocenters. The van der Waals surface area contributed by atoms with Crippen LogP contribution in [0.15, 0.2) is 12.1 Å². The van der Waals surface area contributed by atoms with Crippen LogP contribution in [0, 0.1) is 12.7 Å². The van der Waals surface area contributed by atoms with E-state index in [1.165, 1.54) is 0 Å². The van der Waals surface area contributed by atoms with Crippen LogP contribution < -0.4 is 5.73 Å². The molecule has 0 unspecified atom stereocenters. The Labute approximate surface area is 68.4 Å². The lowest BCUT2D eigenvalue weighted by molar-refractivity contribution is 0.631. The lowest BCUT2D eigenvalue weighted by Gasteiger charge is -1.96. The van der Waals surface area contributed by atoms with Crippen molar-refractivity contribution in [2.45, 2.75) is 6.92 Å². The third-order valence-corrected chi connectivity index (χ3v) is 1.89. The summed E-state index contributed by atoms with van der Waals surface area (Å²) in [6.07, 6.45) is 0. The molecule has 12 heavy (non-hydrogen) atoms. The highest BCUT2D eigenvalue weighted by Gasteiger charge is 2.09. The van der Waals surface area contributed by atoms with E-state index in [0.29, 0.717) is 16.5 Å². The molecule has 0 saturated heterocycles. The minimum absolute atomic E-state index is 0.214. The number of halogens is 1. The zero-order valence-corrected chi connectivity index (χ0v) is 6.56. The Balaban J connectivity index is 2.96. The Morgan fingerprint density at radius 2 is 2.25 bits per heavy atom. The molecule has 0 aliphatic rings. The molecule has 1 aromatic carbocycles. The fourth-order valence-electron chi connectivity index (χ4n) is 1.20. The summed E-state index contributed by atoms with van der Waals surface area (Å²) in [7, 11) is 0. The van der Waals surface area contributed by atoms with Crippen molar-refractivity contribution in [1.82, 2.24) is 10.2 Å². The zero-order chi connectivity index (χ0) is 8.72. The highest BCUT2D eigenvalue weighted by molar-refractivity contribution is 5.89. The van der Waals surface area contributed by atoms with E-state index in [2.05, 4.69) is 10.2 Å². The van der Waals surface area contributed by atoms with Crippen LogP contribution in [0.25, 0.3) is 10.9 Å². The maximum Gasteiger partial charge on any atom is 0.156 e. The average Bonchev–Trinajstić information content (AvgIpc) is 2.41. The van der Waals surface area contributed by atoms with Crippen molar-refractivity contribution < 1.29 is 4.39 Å². The number of nitrogens with one attached hydrogen (secondary N) is 1. The van der Waals surface area contributed by atoms with Gasteiger partial charge in [-0.1, -0.05) is 6.07 Å². The first-order valence-electron chi connectivity index (χ1n) is 3.59. The molecule has 0 bridgehead atoms. The van der Waals surface area contributed by atoms with Gasteiger partial charge in [-0.2, -0.15) is 5.10 Å². The number of anilines is 1. The van der Waals surface area contributed by atoms with Gasteiger partial charge < -0.3 is 5.73 Å². The van der Waals surface area contributed by atoms with Crippen molar-refractivity contribution in [1.29, 1.82) is 0 Å². The van der Waals surface area contributed by atoms with E-state index in [4.69, 9.17) is 5.73 Å². The van der Waals surface area contributed by atoms with Crippen molar-refractivity contribution in [2.24, 2.45) is 0 Å². The minimum Gasteiger partial charge on any atom is -0.382 e. The molecule has 1 heterocycles. The van der Waals surface area contributed by atoms with Gasteiger partial charge in [0.2, 0.25) is 0 Å². The molecule has 0 saturated carbocycles. The maximum atomic E-state index is 13.4. The summed E-state index contributed by atoms with van der Waals surface area (Å²) in [6.45, 7) is 1.70. The van der Waals surface area contributed by atoms with E-state index >= 15 is 0 Å². The first-order chi connectivity index (χ1) is 5.70. The number of nitrogens with two attached hydrogens (primary N) is 1. The van der Waals surface area contributed by atoms with Gasteiger partial charge in [0.1, 0.15) is 5.82 Å². The zero-order valence-electron chi connectivity index (χ0n) is 6.56. The van der Waals surface area contributed by atoms with E-state index < -0.39 is 0 Å². The maximum absolute atomic E-state index is 13.4. The molecule has 0 fully saturated rings. The summed E-state index contributed by atoms with van der Waals surface area (Å²) in [5.41, 5.74) is 6.68. The van der Waals surface area contributed by atoms with Crippen LogP contribution in [-0.2, 0) is 0 Å². The van der Waals surface area contributed by atoms with Crippen molar-refractivity contribution in [2.75, 3.05) is 5.73 Å². The van der Waals surface area contributed by atoms with Gasteiger partial charge in [0.05, 0.1) is 10.9 Å². The van der Waals surface area contributed by atoms with Gasteiger partial charge in [-0.15, -0.1) is 0 Å². The van der Waals surface area contributed by atoms with Gasteiger partial charge in [-0.25, -0.2) is 4.39 Å². The van der Waals surface area contributed by atoms with Crippen LogP contribution in [-0.4, -0.2) is 10.2 Å². The van der Waals surface area contributed by atoms with Crippen LogP contribution >= 0.6 is 0 Å². The average molecular weight is 165 g/mol. The van der Waals surface area contributed by atoms with Crippen molar-refractivity contribution >= 4 is 16.7 Å². The smallest absolute Gasteiger partial charge is 0.156 e. The Hall–Kier alpha value is -1.58. The number of hydrogen-bond acceptors (Lipinski definition) is 2. The summed E-state index contributed by atoms with van der Waals surface area (Å²) in [6, 6.07) is 3.45. The number of nitrogens with zero attached hydrogens (tertiary/aromatic N) is 1. The molecular weight excluding hydrogens is 157 g/mol. The van der Waals surface area contributed by atoms with Gasteiger partial charge in [0.15, 0.2) is 5.82 Å². The standard InChI is InChI=1S/C8H8FN3/c1-4-2-3-5-6(7(4)9)8(10)12-11-5/h2-3H,1H3,(H3,10,11,12). The van der Waals surface area contributed by atoms with E-state index in [1.54, 1.807) is 19.1 Å². The molecule has 0 amide bonds. The molecule has 1 aromatic heterocycles. The van der Waals surface area contributed by atoms with Crippen molar-refractivity contribution in [3.8, 4) is 0 Å². The number of aromatic amines is 1. The predicted octanol–water partition coefficient (Wildman–Crippen LogP) is 1.59. The third-order valence-electron chi connectivity index (χ3n) is 1.89. The number of hydrogen-bond donors (Lipinski definition) is 2. The number of H-pyrrole nitrogens is 1. The monoisotopic (exact) mass is 165 g/mol. The summed E-state index contributed by atoms with van der Waals surface area (Å²) < 4.78 is 13.4. The molecule has 2 aromatic rings. The number of aryl methyl sites for hydroxylation is 1. The first-order valence-corrected chi connectivity index (χ1v) is 3.59. The molecular formula is C8H8FN3. The Kier molecular flexibility index (Phi) is 1.30. The number of rotatable bonds is 0. The predicted molar refractivity (Wildman–Crippen MR) is 45.2 cm³/mol. The second-order valence-corrected chi connectivity index (χ2v) is 2.73. The summed E-state index contributed by atoms with van der Waals surface area (Å²) in [5.74, 6) is -0.0787. The van der Waals surface area contributed by atoms with E-state index in [0.717, 1.165) is 0 Å². The van der Waals surface area contributed by atoms with Crippen LogP contribution in [0.5, 0.6) is 0 Å². The molecule has 4 heteroatoms. The lowest BCUT2D eigenvalue weighted by atomic mass is 10.1. The molecule has 0 aliphatic heterocycles. The van der Waals surface area contributed by atoms with Crippen LogP contribution in [0.1, 0.15) is 5.56 Å². The highest BCUT2D eigenvalue weighted by Crippen LogP contribution is 2.23. The van der Waals surface area contributed by atoms with E-state index in [1.807, 2.05) is 0 Å². The second-order valence-electron chi connectivity index (χ2n) is 2.73. The molecule has 0 radical (unpaired) electrons. The number of nitrogen functional groups attached to an aromatic ring is 1. The normalized spacial score (nSPS) is 10.8. The number of benzene rings is 1. The third kappa shape index (κ3) is 0.777. The highest BCUT2D eigenvalue weighted by atomic mass is 19.1. The summed E-state index contributed by atoms with van der Waals surface area (Å²) in [5, 5.41) is 6.74. The van der Waals surface area contributed by atoms with Gasteiger partial charge in [0.25, 0.3) is 0 Å². The Morgan fingerprint density at radius 3 is 3.00 bits per heavy atom. The number of fused-ring (bicyclic) bond motifs is 1. The van der Waals surface area contributed by atoms with Gasteiger partial charge in [-0.05, 0) is 18.6 Å². The van der Waals surface area contributed by atoms with Crippen molar-refractivity contribution in [3.63, 3.8) is 0 Å². The summed E-state index contributed by atoms with van der Waals surface area (Å²) >= 11 is 0. The molecule has 3 N–H and O–H groups in total. The van der Waals surface area contributed by atoms with Gasteiger partial charge >= 0.3 is 0 Å². The molecule has 62 valence electrons. The lowest BCUT2D eigenvalue weighted by Crippen LogP contribution is -1.88. The first kappa shape index (κ1) is 7.09. The topological polar surface area (TPSA) is 54.7 Å². The van der Waals surface area contributed by atoms with Crippen molar-refractivity contribution in [3.05, 3.63) is 23.5 Å². The Bertz CT molecular complexity index is 433. The van der Waals surface area contributed by atoms with Gasteiger partial charge in [-0.3, -0.25) is 5.10 Å². The number of aromatic nitrogens is 2. The molecule has 0 spiro atoms. The van der Waals surface area contributed by atoms with Crippen LogP contribution in [0.4, 0.5) is 10.2 Å². The second kappa shape index (κ2) is 2.20. The largest absolute Gasteiger partial charge is 0.382 e.